The maximum Gasteiger partial charge on any atom is 0.265 e. The zero-order chi connectivity index (χ0) is 13.2. The van der Waals surface area contributed by atoms with Crippen molar-refractivity contribution in [3.05, 3.63) is 52.8 Å². The number of halogens is 1. The summed E-state index contributed by atoms with van der Waals surface area (Å²) in [6, 6.07) is 9.50. The van der Waals surface area contributed by atoms with Gasteiger partial charge in [0, 0.05) is 16.9 Å². The van der Waals surface area contributed by atoms with E-state index < -0.39 is 0 Å². The summed E-state index contributed by atoms with van der Waals surface area (Å²) in [5, 5.41) is 0. The summed E-state index contributed by atoms with van der Waals surface area (Å²) < 4.78 is 6.31. The number of nitrogens with zero attached hydrogens (tertiary/aromatic N) is 2. The summed E-state index contributed by atoms with van der Waals surface area (Å²) in [5.41, 5.74) is 1.78. The fourth-order valence-electron chi connectivity index (χ4n) is 2.05. The molecule has 5 heteroatoms. The highest BCUT2D eigenvalue weighted by molar-refractivity contribution is 9.10. The number of fused-ring (bicyclic) bond motifs is 1. The van der Waals surface area contributed by atoms with Crippen molar-refractivity contribution in [2.75, 3.05) is 11.5 Å². The van der Waals surface area contributed by atoms with Gasteiger partial charge in [0.1, 0.15) is 5.75 Å². The molecule has 0 atom stereocenters. The first-order valence-corrected chi connectivity index (χ1v) is 6.65. The van der Waals surface area contributed by atoms with Gasteiger partial charge < -0.3 is 9.64 Å². The summed E-state index contributed by atoms with van der Waals surface area (Å²) in [6.45, 7) is 0.574. The molecule has 1 aromatic carbocycles. The van der Waals surface area contributed by atoms with Crippen molar-refractivity contribution in [3.63, 3.8) is 0 Å². The van der Waals surface area contributed by atoms with Gasteiger partial charge in [0.25, 0.3) is 5.91 Å². The second kappa shape index (κ2) is 5.01. The smallest absolute Gasteiger partial charge is 0.265 e. The zero-order valence-electron chi connectivity index (χ0n) is 10.0. The van der Waals surface area contributed by atoms with E-state index in [9.17, 15) is 4.79 Å². The molecule has 0 saturated heterocycles. The van der Waals surface area contributed by atoms with Crippen LogP contribution in [-0.2, 0) is 11.3 Å². The Kier molecular flexibility index (Phi) is 3.21. The highest BCUT2D eigenvalue weighted by atomic mass is 79.9. The average molecular weight is 319 g/mol. The number of ether oxygens (including phenoxy) is 1. The van der Waals surface area contributed by atoms with Crippen molar-refractivity contribution in [3.8, 4) is 5.75 Å². The lowest BCUT2D eigenvalue weighted by Gasteiger charge is -2.29. The molecule has 0 spiro atoms. The Bertz CT molecular complexity index is 630. The molecule has 19 heavy (non-hydrogen) atoms. The first kappa shape index (κ1) is 12.2. The Labute approximate surface area is 119 Å². The second-order valence-corrected chi connectivity index (χ2v) is 5.16. The summed E-state index contributed by atoms with van der Waals surface area (Å²) >= 11 is 3.38. The van der Waals surface area contributed by atoms with Gasteiger partial charge in [-0.3, -0.25) is 9.78 Å². The Morgan fingerprint density at radius 1 is 1.32 bits per heavy atom. The van der Waals surface area contributed by atoms with E-state index in [0.717, 1.165) is 21.5 Å². The average Bonchev–Trinajstić information content (AvgIpc) is 2.42. The zero-order valence-corrected chi connectivity index (χ0v) is 11.6. The van der Waals surface area contributed by atoms with Gasteiger partial charge in [-0.1, -0.05) is 12.1 Å². The van der Waals surface area contributed by atoms with Gasteiger partial charge in [-0.25, -0.2) is 0 Å². The van der Waals surface area contributed by atoms with Gasteiger partial charge in [0.05, 0.1) is 12.2 Å². The Balaban J connectivity index is 1.94. The number of benzene rings is 1. The molecule has 2 aromatic rings. The molecular weight excluding hydrogens is 308 g/mol. The molecule has 0 bridgehead atoms. The van der Waals surface area contributed by atoms with Crippen LogP contribution in [0.15, 0.2) is 47.2 Å². The molecule has 0 fully saturated rings. The van der Waals surface area contributed by atoms with Crippen LogP contribution in [0.2, 0.25) is 0 Å². The highest BCUT2D eigenvalue weighted by Crippen LogP contribution is 2.32. The third-order valence-corrected chi connectivity index (χ3v) is 3.34. The number of pyridine rings is 1. The SMILES string of the molecule is O=C1COc2ccccc2N1Cc1cncc(Br)c1. The van der Waals surface area contributed by atoms with Gasteiger partial charge in [-0.15, -0.1) is 0 Å². The van der Waals surface area contributed by atoms with E-state index in [4.69, 9.17) is 4.74 Å². The van der Waals surface area contributed by atoms with E-state index >= 15 is 0 Å². The normalized spacial score (nSPS) is 13.9. The van der Waals surface area contributed by atoms with Crippen LogP contribution in [0.3, 0.4) is 0 Å². The molecule has 0 radical (unpaired) electrons. The molecule has 1 amide bonds. The number of hydrogen-bond donors (Lipinski definition) is 0. The molecule has 96 valence electrons. The van der Waals surface area contributed by atoms with E-state index in [2.05, 4.69) is 20.9 Å². The fourth-order valence-corrected chi connectivity index (χ4v) is 2.46. The quantitative estimate of drug-likeness (QED) is 0.855. The molecular formula is C14H11BrN2O2. The summed E-state index contributed by atoms with van der Waals surface area (Å²) in [6.07, 6.45) is 3.48. The van der Waals surface area contributed by atoms with E-state index in [1.165, 1.54) is 0 Å². The third-order valence-electron chi connectivity index (χ3n) is 2.91. The Morgan fingerprint density at radius 2 is 2.16 bits per heavy atom. The van der Waals surface area contributed by atoms with Crippen LogP contribution < -0.4 is 9.64 Å². The molecule has 4 nitrogen and oxygen atoms in total. The molecule has 0 N–H and O–H groups in total. The minimum absolute atomic E-state index is 0.0429. The van der Waals surface area contributed by atoms with Crippen LogP contribution in [0.5, 0.6) is 5.75 Å². The number of hydrogen-bond acceptors (Lipinski definition) is 3. The summed E-state index contributed by atoms with van der Waals surface area (Å²) in [4.78, 5) is 17.9. The molecule has 0 unspecified atom stereocenters. The van der Waals surface area contributed by atoms with Gasteiger partial charge in [-0.2, -0.15) is 0 Å². The van der Waals surface area contributed by atoms with Crippen molar-refractivity contribution >= 4 is 27.5 Å². The lowest BCUT2D eigenvalue weighted by Crippen LogP contribution is -2.38. The minimum Gasteiger partial charge on any atom is -0.482 e. The molecule has 2 heterocycles. The topological polar surface area (TPSA) is 42.4 Å². The number of amides is 1. The maximum absolute atomic E-state index is 12.0. The van der Waals surface area contributed by atoms with Gasteiger partial charge >= 0.3 is 0 Å². The summed E-state index contributed by atoms with van der Waals surface area (Å²) in [7, 11) is 0. The van der Waals surface area contributed by atoms with E-state index in [1.807, 2.05) is 30.3 Å². The maximum atomic E-state index is 12.0. The largest absolute Gasteiger partial charge is 0.482 e. The Hall–Kier alpha value is -1.88. The monoisotopic (exact) mass is 318 g/mol. The van der Waals surface area contributed by atoms with Gasteiger partial charge in [-0.05, 0) is 39.7 Å². The van der Waals surface area contributed by atoms with Crippen molar-refractivity contribution in [1.82, 2.24) is 4.98 Å². The van der Waals surface area contributed by atoms with Crippen LogP contribution in [-0.4, -0.2) is 17.5 Å². The van der Waals surface area contributed by atoms with Crippen molar-refractivity contribution in [2.24, 2.45) is 0 Å². The Morgan fingerprint density at radius 3 is 3.00 bits per heavy atom. The number of aromatic nitrogens is 1. The molecule has 1 aromatic heterocycles. The van der Waals surface area contributed by atoms with Gasteiger partial charge in [0.2, 0.25) is 0 Å². The van der Waals surface area contributed by atoms with Crippen molar-refractivity contribution in [1.29, 1.82) is 0 Å². The molecule has 3 rings (SSSR count). The second-order valence-electron chi connectivity index (χ2n) is 4.25. The first-order chi connectivity index (χ1) is 9.24. The molecule has 1 aliphatic heterocycles. The summed E-state index contributed by atoms with van der Waals surface area (Å²) in [5.74, 6) is 0.698. The predicted octanol–water partition coefficient (Wildman–Crippen LogP) is 2.77. The molecule has 1 aliphatic rings. The first-order valence-electron chi connectivity index (χ1n) is 5.85. The predicted molar refractivity (Wildman–Crippen MR) is 75.1 cm³/mol. The lowest BCUT2D eigenvalue weighted by atomic mass is 10.2. The molecule has 0 saturated carbocycles. The van der Waals surface area contributed by atoms with Crippen LogP contribution in [0.25, 0.3) is 0 Å². The van der Waals surface area contributed by atoms with Crippen LogP contribution in [0, 0.1) is 0 Å². The number of para-hydroxylation sites is 2. The van der Waals surface area contributed by atoms with E-state index in [1.54, 1.807) is 17.3 Å². The number of carbonyl (C=O) groups is 1. The van der Waals surface area contributed by atoms with Crippen LogP contribution in [0.4, 0.5) is 5.69 Å². The van der Waals surface area contributed by atoms with Crippen LogP contribution in [0.1, 0.15) is 5.56 Å². The highest BCUT2D eigenvalue weighted by Gasteiger charge is 2.25. The standard InChI is InChI=1S/C14H11BrN2O2/c15-11-5-10(6-16-7-11)8-17-12-3-1-2-4-13(12)19-9-14(17)18/h1-7H,8-9H2. The van der Waals surface area contributed by atoms with Crippen molar-refractivity contribution < 1.29 is 9.53 Å². The van der Waals surface area contributed by atoms with E-state index in [-0.39, 0.29) is 12.5 Å². The fraction of sp³-hybridized carbons (Fsp3) is 0.143. The van der Waals surface area contributed by atoms with Crippen LogP contribution >= 0.6 is 15.9 Å². The number of anilines is 1. The van der Waals surface area contributed by atoms with Crippen molar-refractivity contribution in [2.45, 2.75) is 6.54 Å². The van der Waals surface area contributed by atoms with E-state index in [0.29, 0.717) is 6.54 Å². The third kappa shape index (κ3) is 2.46. The number of rotatable bonds is 2. The minimum atomic E-state index is -0.0429. The lowest BCUT2D eigenvalue weighted by molar-refractivity contribution is -0.121. The number of carbonyl (C=O) groups excluding carboxylic acids is 1. The van der Waals surface area contributed by atoms with Gasteiger partial charge in [0.15, 0.2) is 6.61 Å². The molecule has 0 aliphatic carbocycles.